The molecule has 0 spiro atoms. The molecule has 3 aromatic carbocycles. The van der Waals surface area contributed by atoms with Gasteiger partial charge in [-0.2, -0.15) is 0 Å². The molecule has 5 nitrogen and oxygen atoms in total. The molecular weight excluding hydrogens is 539 g/mol. The van der Waals surface area contributed by atoms with Gasteiger partial charge in [-0.15, -0.1) is 0 Å². The van der Waals surface area contributed by atoms with Crippen molar-refractivity contribution >= 4 is 50.5 Å². The Morgan fingerprint density at radius 1 is 0.941 bits per heavy atom. The third-order valence-electron chi connectivity index (χ3n) is 5.54. The van der Waals surface area contributed by atoms with Crippen LogP contribution in [0, 0.1) is 0 Å². The molecule has 34 heavy (non-hydrogen) atoms. The summed E-state index contributed by atoms with van der Waals surface area (Å²) < 4.78 is 18.3. The number of rotatable bonds is 9. The largest absolute Gasteiger partial charge is 0.490 e. The van der Waals surface area contributed by atoms with Gasteiger partial charge in [0.05, 0.1) is 19.8 Å². The fraction of sp³-hybridized carbons (Fsp3) is 0.308. The van der Waals surface area contributed by atoms with Crippen LogP contribution in [-0.2, 0) is 17.9 Å². The second kappa shape index (κ2) is 12.0. The molecule has 1 fully saturated rings. The number of anilines is 2. The number of morpholine rings is 1. The zero-order valence-corrected chi connectivity index (χ0v) is 22.0. The van der Waals surface area contributed by atoms with Crippen LogP contribution >= 0.6 is 39.1 Å². The Kier molecular flexibility index (Phi) is 8.84. The number of halogens is 3. The summed E-state index contributed by atoms with van der Waals surface area (Å²) in [6.45, 7) is 6.87. The zero-order chi connectivity index (χ0) is 23.9. The molecule has 8 heteroatoms. The van der Waals surface area contributed by atoms with Gasteiger partial charge in [-0.3, -0.25) is 0 Å². The van der Waals surface area contributed by atoms with Gasteiger partial charge < -0.3 is 24.4 Å². The summed E-state index contributed by atoms with van der Waals surface area (Å²) in [7, 11) is 0. The minimum absolute atomic E-state index is 0.315. The highest BCUT2D eigenvalue weighted by Crippen LogP contribution is 2.35. The van der Waals surface area contributed by atoms with Gasteiger partial charge >= 0.3 is 0 Å². The molecule has 0 amide bonds. The van der Waals surface area contributed by atoms with E-state index in [1.54, 1.807) is 12.1 Å². The Bertz CT molecular complexity index is 1110. The van der Waals surface area contributed by atoms with Crippen LogP contribution in [0.4, 0.5) is 11.4 Å². The summed E-state index contributed by atoms with van der Waals surface area (Å²) in [5, 5.41) is 4.66. The van der Waals surface area contributed by atoms with Gasteiger partial charge in [-0.1, -0.05) is 45.2 Å². The van der Waals surface area contributed by atoms with Crippen LogP contribution in [0.15, 0.2) is 59.1 Å². The summed E-state index contributed by atoms with van der Waals surface area (Å²) in [6.07, 6.45) is 0. The lowest BCUT2D eigenvalue weighted by atomic mass is 10.2. The summed E-state index contributed by atoms with van der Waals surface area (Å²) in [5.74, 6) is 1.34. The molecule has 1 saturated heterocycles. The Balaban J connectivity index is 1.42. The third-order valence-corrected chi connectivity index (χ3v) is 6.86. The van der Waals surface area contributed by atoms with Crippen LogP contribution in [0.5, 0.6) is 11.5 Å². The first kappa shape index (κ1) is 25.0. The van der Waals surface area contributed by atoms with Gasteiger partial charge in [0.1, 0.15) is 6.61 Å². The van der Waals surface area contributed by atoms with Gasteiger partial charge in [0.15, 0.2) is 11.5 Å². The quantitative estimate of drug-likeness (QED) is 0.297. The normalized spacial score (nSPS) is 13.6. The second-order valence-electron chi connectivity index (χ2n) is 7.85. The molecule has 1 aliphatic rings. The highest BCUT2D eigenvalue weighted by molar-refractivity contribution is 9.10. The minimum Gasteiger partial charge on any atom is -0.490 e. The fourth-order valence-electron chi connectivity index (χ4n) is 3.70. The Hall–Kier alpha value is -2.12. The van der Waals surface area contributed by atoms with E-state index < -0.39 is 0 Å². The van der Waals surface area contributed by atoms with Crippen LogP contribution in [0.1, 0.15) is 18.1 Å². The van der Waals surface area contributed by atoms with Gasteiger partial charge in [-0.05, 0) is 61.0 Å². The van der Waals surface area contributed by atoms with Crippen molar-refractivity contribution in [1.29, 1.82) is 0 Å². The Morgan fingerprint density at radius 3 is 2.38 bits per heavy atom. The van der Waals surface area contributed by atoms with E-state index in [4.69, 9.17) is 37.4 Å². The predicted octanol–water partition coefficient (Wildman–Crippen LogP) is 7.18. The van der Waals surface area contributed by atoms with Crippen LogP contribution in [0.3, 0.4) is 0 Å². The molecule has 1 N–H and O–H groups in total. The van der Waals surface area contributed by atoms with E-state index in [9.17, 15) is 0 Å². The Labute approximate surface area is 219 Å². The predicted molar refractivity (Wildman–Crippen MR) is 143 cm³/mol. The van der Waals surface area contributed by atoms with Crippen LogP contribution in [-0.4, -0.2) is 32.9 Å². The first-order chi connectivity index (χ1) is 16.5. The van der Waals surface area contributed by atoms with E-state index in [1.807, 2.05) is 25.1 Å². The summed E-state index contributed by atoms with van der Waals surface area (Å²) in [5.41, 5.74) is 4.20. The molecule has 180 valence electrons. The number of ether oxygens (including phenoxy) is 3. The molecule has 0 saturated carbocycles. The lowest BCUT2D eigenvalue weighted by Crippen LogP contribution is -2.36. The van der Waals surface area contributed by atoms with Crippen molar-refractivity contribution < 1.29 is 14.2 Å². The first-order valence-corrected chi connectivity index (χ1v) is 12.8. The summed E-state index contributed by atoms with van der Waals surface area (Å²) in [4.78, 5) is 2.34. The number of benzene rings is 3. The van der Waals surface area contributed by atoms with E-state index >= 15 is 0 Å². The maximum Gasteiger partial charge on any atom is 0.162 e. The lowest BCUT2D eigenvalue weighted by Gasteiger charge is -2.29. The van der Waals surface area contributed by atoms with E-state index in [0.717, 1.165) is 47.6 Å². The summed E-state index contributed by atoms with van der Waals surface area (Å²) in [6, 6.07) is 17.8. The molecule has 0 radical (unpaired) electrons. The number of hydrogen-bond acceptors (Lipinski definition) is 5. The van der Waals surface area contributed by atoms with Crippen molar-refractivity contribution in [2.24, 2.45) is 0 Å². The SMILES string of the molecule is CCOc1cc(CNc2ccc(N3CCOCC3)cc2)c(Br)cc1OCc1ccc(Cl)cc1Cl. The molecule has 4 rings (SSSR count). The van der Waals surface area contributed by atoms with Crippen molar-refractivity contribution in [3.05, 3.63) is 80.2 Å². The Morgan fingerprint density at radius 2 is 1.68 bits per heavy atom. The maximum absolute atomic E-state index is 6.29. The molecule has 0 bridgehead atoms. The van der Waals surface area contributed by atoms with E-state index in [1.165, 1.54) is 5.69 Å². The number of nitrogens with one attached hydrogen (secondary N) is 1. The molecule has 1 aliphatic heterocycles. The van der Waals surface area contributed by atoms with Crippen molar-refractivity contribution in [1.82, 2.24) is 0 Å². The molecule has 0 aromatic heterocycles. The number of hydrogen-bond donors (Lipinski definition) is 1. The van der Waals surface area contributed by atoms with Gasteiger partial charge in [-0.25, -0.2) is 0 Å². The first-order valence-electron chi connectivity index (χ1n) is 11.2. The van der Waals surface area contributed by atoms with Crippen molar-refractivity contribution in [2.45, 2.75) is 20.1 Å². The maximum atomic E-state index is 6.29. The second-order valence-corrected chi connectivity index (χ2v) is 9.55. The van der Waals surface area contributed by atoms with Crippen molar-refractivity contribution in [2.75, 3.05) is 43.1 Å². The van der Waals surface area contributed by atoms with Gasteiger partial charge in [0.25, 0.3) is 0 Å². The monoisotopic (exact) mass is 564 g/mol. The van der Waals surface area contributed by atoms with Gasteiger partial charge in [0, 0.05) is 51.1 Å². The van der Waals surface area contributed by atoms with Crippen LogP contribution in [0.25, 0.3) is 0 Å². The van der Waals surface area contributed by atoms with Crippen molar-refractivity contribution in [3.8, 4) is 11.5 Å². The minimum atomic E-state index is 0.315. The lowest BCUT2D eigenvalue weighted by molar-refractivity contribution is 0.122. The fourth-order valence-corrected chi connectivity index (χ4v) is 4.62. The van der Waals surface area contributed by atoms with Crippen molar-refractivity contribution in [3.63, 3.8) is 0 Å². The van der Waals surface area contributed by atoms with E-state index in [2.05, 4.69) is 50.4 Å². The van der Waals surface area contributed by atoms with E-state index in [0.29, 0.717) is 41.3 Å². The number of nitrogens with zero attached hydrogens (tertiary/aromatic N) is 1. The highest BCUT2D eigenvalue weighted by Gasteiger charge is 2.13. The van der Waals surface area contributed by atoms with E-state index in [-0.39, 0.29) is 0 Å². The molecule has 0 aliphatic carbocycles. The molecule has 1 heterocycles. The molecule has 0 unspecified atom stereocenters. The standard InChI is InChI=1S/C26H27BrCl2N2O3/c1-2-33-25-13-19(16-30-21-5-7-22(8-6-21)31-9-11-32-12-10-31)23(27)15-26(25)34-17-18-3-4-20(28)14-24(18)29/h3-8,13-15,30H,2,9-12,16-17H2,1H3. The van der Waals surface area contributed by atoms with Gasteiger partial charge in [0.2, 0.25) is 0 Å². The van der Waals surface area contributed by atoms with Crippen LogP contribution < -0.4 is 19.7 Å². The zero-order valence-electron chi connectivity index (χ0n) is 19.0. The highest BCUT2D eigenvalue weighted by atomic mass is 79.9. The molecule has 0 atom stereocenters. The topological polar surface area (TPSA) is 43.0 Å². The average Bonchev–Trinajstić information content (AvgIpc) is 2.85. The average molecular weight is 566 g/mol. The smallest absolute Gasteiger partial charge is 0.162 e. The van der Waals surface area contributed by atoms with Crippen LogP contribution in [0.2, 0.25) is 10.0 Å². The summed E-state index contributed by atoms with van der Waals surface area (Å²) >= 11 is 16.0. The molecule has 3 aromatic rings. The molecular formula is C26H27BrCl2N2O3. The third kappa shape index (κ3) is 6.51.